The number of aliphatic imine (C=N–C) groups is 1. The first-order chi connectivity index (χ1) is 5.86. The van der Waals surface area contributed by atoms with E-state index in [0.717, 1.165) is 12.5 Å². The van der Waals surface area contributed by atoms with Gasteiger partial charge in [-0.25, -0.2) is 0 Å². The molecule has 0 spiro atoms. The summed E-state index contributed by atoms with van der Waals surface area (Å²) in [5.41, 5.74) is 0. The van der Waals surface area contributed by atoms with Crippen molar-refractivity contribution in [1.82, 2.24) is 10.6 Å². The fraction of sp³-hybridized carbons (Fsp3) is 0.667. The maximum absolute atomic E-state index is 4.09. The Morgan fingerprint density at radius 3 is 2.69 bits per heavy atom. The van der Waals surface area contributed by atoms with Crippen LogP contribution in [0.2, 0.25) is 0 Å². The highest BCUT2D eigenvalue weighted by molar-refractivity contribution is 14.0. The molecule has 0 heterocycles. The zero-order valence-corrected chi connectivity index (χ0v) is 10.4. The molecule has 0 aromatic heterocycles. The van der Waals surface area contributed by atoms with Crippen molar-refractivity contribution < 1.29 is 0 Å². The third kappa shape index (κ3) is 4.50. The molecule has 1 fully saturated rings. The summed E-state index contributed by atoms with van der Waals surface area (Å²) in [6.45, 7) is 4.41. The molecule has 4 heteroatoms. The maximum Gasteiger partial charge on any atom is 0.191 e. The molecule has 0 saturated heterocycles. The van der Waals surface area contributed by atoms with E-state index >= 15 is 0 Å². The molecule has 1 aliphatic rings. The van der Waals surface area contributed by atoms with E-state index in [1.165, 1.54) is 19.3 Å². The molecule has 0 atom stereocenters. The minimum Gasteiger partial charge on any atom is -0.354 e. The van der Waals surface area contributed by atoms with Gasteiger partial charge in [0.25, 0.3) is 0 Å². The average molecular weight is 295 g/mol. The summed E-state index contributed by atoms with van der Waals surface area (Å²) in [6.07, 6.45) is 5.72. The molecule has 0 aliphatic heterocycles. The smallest absolute Gasteiger partial charge is 0.191 e. The van der Waals surface area contributed by atoms with Crippen LogP contribution in [0.4, 0.5) is 0 Å². The van der Waals surface area contributed by atoms with E-state index in [0.29, 0.717) is 6.04 Å². The van der Waals surface area contributed by atoms with E-state index < -0.39 is 0 Å². The molecule has 0 unspecified atom stereocenters. The molecule has 1 aliphatic carbocycles. The van der Waals surface area contributed by atoms with Gasteiger partial charge in [0.05, 0.1) is 0 Å². The molecule has 3 nitrogen and oxygen atoms in total. The number of hydrogen-bond donors (Lipinski definition) is 2. The molecular weight excluding hydrogens is 277 g/mol. The highest BCUT2D eigenvalue weighted by atomic mass is 127. The van der Waals surface area contributed by atoms with E-state index in [1.54, 1.807) is 7.05 Å². The third-order valence-corrected chi connectivity index (χ3v) is 2.08. The van der Waals surface area contributed by atoms with Crippen LogP contribution in [-0.4, -0.2) is 25.6 Å². The maximum atomic E-state index is 4.09. The van der Waals surface area contributed by atoms with E-state index in [-0.39, 0.29) is 24.0 Å². The monoisotopic (exact) mass is 295 g/mol. The topological polar surface area (TPSA) is 36.4 Å². The molecule has 76 valence electrons. The minimum absolute atomic E-state index is 0. The van der Waals surface area contributed by atoms with E-state index in [1.807, 2.05) is 6.08 Å². The summed E-state index contributed by atoms with van der Waals surface area (Å²) in [7, 11) is 1.79. The molecule has 0 amide bonds. The van der Waals surface area contributed by atoms with Crippen LogP contribution < -0.4 is 10.6 Å². The van der Waals surface area contributed by atoms with Crippen molar-refractivity contribution in [2.24, 2.45) is 4.99 Å². The molecule has 2 N–H and O–H groups in total. The number of rotatable bonds is 3. The SMILES string of the molecule is C=CCNC(=NC)NC1CCC1.I. The Labute approximate surface area is 97.1 Å². The van der Waals surface area contributed by atoms with Gasteiger partial charge < -0.3 is 10.6 Å². The van der Waals surface area contributed by atoms with E-state index in [9.17, 15) is 0 Å². The molecule has 0 bridgehead atoms. The van der Waals surface area contributed by atoms with Crippen molar-refractivity contribution in [3.05, 3.63) is 12.7 Å². The third-order valence-electron chi connectivity index (χ3n) is 2.08. The number of hydrogen-bond acceptors (Lipinski definition) is 1. The predicted molar refractivity (Wildman–Crippen MR) is 67.7 cm³/mol. The summed E-state index contributed by atoms with van der Waals surface area (Å²) < 4.78 is 0. The van der Waals surface area contributed by atoms with Crippen LogP contribution in [0.15, 0.2) is 17.6 Å². The van der Waals surface area contributed by atoms with Gasteiger partial charge in [-0.1, -0.05) is 6.08 Å². The molecule has 1 saturated carbocycles. The Morgan fingerprint density at radius 1 is 1.62 bits per heavy atom. The molecule has 13 heavy (non-hydrogen) atoms. The van der Waals surface area contributed by atoms with Crippen molar-refractivity contribution in [2.45, 2.75) is 25.3 Å². The van der Waals surface area contributed by atoms with E-state index in [2.05, 4.69) is 22.2 Å². The minimum atomic E-state index is 0. The Bertz CT molecular complexity index is 176. The summed E-state index contributed by atoms with van der Waals surface area (Å²) in [4.78, 5) is 4.09. The molecular formula is C9H18IN3. The van der Waals surface area contributed by atoms with Crippen LogP contribution >= 0.6 is 24.0 Å². The first-order valence-electron chi connectivity index (χ1n) is 4.45. The fourth-order valence-electron chi connectivity index (χ4n) is 1.11. The Hall–Kier alpha value is -0.260. The van der Waals surface area contributed by atoms with Gasteiger partial charge in [0.15, 0.2) is 5.96 Å². The van der Waals surface area contributed by atoms with Crippen LogP contribution in [0.3, 0.4) is 0 Å². The number of guanidine groups is 1. The van der Waals surface area contributed by atoms with Gasteiger partial charge in [-0.2, -0.15) is 0 Å². The number of nitrogens with one attached hydrogen (secondary N) is 2. The second kappa shape index (κ2) is 7.17. The van der Waals surface area contributed by atoms with Crippen LogP contribution in [0, 0.1) is 0 Å². The van der Waals surface area contributed by atoms with Gasteiger partial charge in [-0.15, -0.1) is 30.6 Å². The average Bonchev–Trinajstić information content (AvgIpc) is 2.02. The molecule has 0 aromatic rings. The molecule has 1 rings (SSSR count). The number of halogens is 1. The van der Waals surface area contributed by atoms with Crippen LogP contribution in [0.1, 0.15) is 19.3 Å². The summed E-state index contributed by atoms with van der Waals surface area (Å²) in [5, 5.41) is 6.47. The zero-order valence-electron chi connectivity index (χ0n) is 8.05. The lowest BCUT2D eigenvalue weighted by atomic mass is 9.93. The highest BCUT2D eigenvalue weighted by Gasteiger charge is 2.17. The Kier molecular flexibility index (Phi) is 7.03. The van der Waals surface area contributed by atoms with Gasteiger partial charge in [-0.05, 0) is 19.3 Å². The summed E-state index contributed by atoms with van der Waals surface area (Å²) in [6, 6.07) is 0.640. The summed E-state index contributed by atoms with van der Waals surface area (Å²) >= 11 is 0. The number of nitrogens with zero attached hydrogens (tertiary/aromatic N) is 1. The standard InChI is InChI=1S/C9H17N3.HI/c1-3-7-11-9(10-2)12-8-5-4-6-8;/h3,8H,1,4-7H2,2H3,(H2,10,11,12);1H. The first-order valence-corrected chi connectivity index (χ1v) is 4.45. The zero-order chi connectivity index (χ0) is 8.81. The lowest BCUT2D eigenvalue weighted by molar-refractivity contribution is 0.380. The Morgan fingerprint density at radius 2 is 2.31 bits per heavy atom. The van der Waals surface area contributed by atoms with Crippen molar-refractivity contribution in [3.63, 3.8) is 0 Å². The van der Waals surface area contributed by atoms with Gasteiger partial charge in [-0.3, -0.25) is 4.99 Å². The lowest BCUT2D eigenvalue weighted by Gasteiger charge is -2.28. The van der Waals surface area contributed by atoms with Crippen molar-refractivity contribution in [3.8, 4) is 0 Å². The van der Waals surface area contributed by atoms with Crippen molar-refractivity contribution in [1.29, 1.82) is 0 Å². The van der Waals surface area contributed by atoms with Crippen LogP contribution in [0.5, 0.6) is 0 Å². The lowest BCUT2D eigenvalue weighted by Crippen LogP contribution is -2.46. The van der Waals surface area contributed by atoms with Gasteiger partial charge in [0.1, 0.15) is 0 Å². The molecule has 0 aromatic carbocycles. The highest BCUT2D eigenvalue weighted by Crippen LogP contribution is 2.17. The summed E-state index contributed by atoms with van der Waals surface area (Å²) in [5.74, 6) is 0.889. The van der Waals surface area contributed by atoms with Gasteiger partial charge in [0, 0.05) is 19.6 Å². The molecule has 0 radical (unpaired) electrons. The van der Waals surface area contributed by atoms with Crippen molar-refractivity contribution in [2.75, 3.05) is 13.6 Å². The predicted octanol–water partition coefficient (Wildman–Crippen LogP) is 1.51. The fourth-order valence-corrected chi connectivity index (χ4v) is 1.11. The Balaban J connectivity index is 0.00000144. The van der Waals surface area contributed by atoms with Crippen LogP contribution in [0.25, 0.3) is 0 Å². The van der Waals surface area contributed by atoms with Crippen LogP contribution in [-0.2, 0) is 0 Å². The second-order valence-electron chi connectivity index (χ2n) is 3.01. The van der Waals surface area contributed by atoms with Crippen molar-refractivity contribution >= 4 is 29.9 Å². The second-order valence-corrected chi connectivity index (χ2v) is 3.01. The normalized spacial score (nSPS) is 16.8. The first kappa shape index (κ1) is 12.7. The van der Waals surface area contributed by atoms with Gasteiger partial charge >= 0.3 is 0 Å². The van der Waals surface area contributed by atoms with Gasteiger partial charge in [0.2, 0.25) is 0 Å². The quantitative estimate of drug-likeness (QED) is 0.358. The largest absolute Gasteiger partial charge is 0.354 e. The van der Waals surface area contributed by atoms with E-state index in [4.69, 9.17) is 0 Å².